The number of benzene rings is 1. The molecule has 0 saturated carbocycles. The molecule has 21 heavy (non-hydrogen) atoms. The van der Waals surface area contributed by atoms with E-state index in [4.69, 9.17) is 4.74 Å². The van der Waals surface area contributed by atoms with Crippen LogP contribution in [0.4, 0.5) is 0 Å². The number of rotatable bonds is 8. The highest BCUT2D eigenvalue weighted by Crippen LogP contribution is 2.23. The Morgan fingerprint density at radius 3 is 2.62 bits per heavy atom. The van der Waals surface area contributed by atoms with E-state index < -0.39 is 5.54 Å². The second kappa shape index (κ2) is 8.05. The van der Waals surface area contributed by atoms with Crippen LogP contribution >= 0.6 is 0 Å². The molecule has 3 nitrogen and oxygen atoms in total. The van der Waals surface area contributed by atoms with E-state index in [9.17, 15) is 5.26 Å². The van der Waals surface area contributed by atoms with Crippen molar-refractivity contribution < 1.29 is 4.74 Å². The maximum atomic E-state index is 9.28. The summed E-state index contributed by atoms with van der Waals surface area (Å²) in [4.78, 5) is 0. The first-order chi connectivity index (χ1) is 9.91. The quantitative estimate of drug-likeness (QED) is 0.781. The molecule has 0 bridgehead atoms. The molecule has 0 heterocycles. The smallest absolute Gasteiger partial charge is 0.119 e. The number of ether oxygens (including phenoxy) is 1. The van der Waals surface area contributed by atoms with E-state index in [1.54, 1.807) is 0 Å². The Balaban J connectivity index is 2.56. The Labute approximate surface area is 129 Å². The van der Waals surface area contributed by atoms with Gasteiger partial charge in [-0.1, -0.05) is 26.8 Å². The molecule has 0 fully saturated rings. The molecular formula is C18H28N2O. The molecule has 1 N–H and O–H groups in total. The lowest BCUT2D eigenvalue weighted by Crippen LogP contribution is -2.42. The van der Waals surface area contributed by atoms with Gasteiger partial charge < -0.3 is 4.74 Å². The molecule has 0 aliphatic carbocycles. The van der Waals surface area contributed by atoms with Gasteiger partial charge in [-0.15, -0.1) is 0 Å². The standard InChI is InChI=1S/C18H28N2O/c1-6-10-20-18(5,13-19)9-11-21-16-7-8-17(14(2)3)15(4)12-16/h7-8,12,14,20H,6,9-11H2,1-5H3. The summed E-state index contributed by atoms with van der Waals surface area (Å²) in [6.07, 6.45) is 1.70. The molecule has 0 saturated heterocycles. The fourth-order valence-electron chi connectivity index (χ4n) is 2.34. The zero-order chi connectivity index (χ0) is 15.9. The van der Waals surface area contributed by atoms with Crippen molar-refractivity contribution in [2.75, 3.05) is 13.2 Å². The van der Waals surface area contributed by atoms with Gasteiger partial charge in [-0.3, -0.25) is 5.32 Å². The van der Waals surface area contributed by atoms with Gasteiger partial charge in [0.1, 0.15) is 11.3 Å². The number of nitriles is 1. The monoisotopic (exact) mass is 288 g/mol. The van der Waals surface area contributed by atoms with Gasteiger partial charge in [0.25, 0.3) is 0 Å². The fourth-order valence-corrected chi connectivity index (χ4v) is 2.34. The van der Waals surface area contributed by atoms with Crippen LogP contribution in [0.25, 0.3) is 0 Å². The van der Waals surface area contributed by atoms with Crippen molar-refractivity contribution in [2.45, 2.75) is 58.9 Å². The molecular weight excluding hydrogens is 260 g/mol. The summed E-state index contributed by atoms with van der Waals surface area (Å²) in [5, 5.41) is 12.6. The van der Waals surface area contributed by atoms with Crippen LogP contribution in [-0.4, -0.2) is 18.7 Å². The van der Waals surface area contributed by atoms with Gasteiger partial charge in [0.15, 0.2) is 0 Å². The molecule has 1 aromatic rings. The molecule has 0 aromatic heterocycles. The van der Waals surface area contributed by atoms with Crippen LogP contribution in [-0.2, 0) is 0 Å². The van der Waals surface area contributed by atoms with Crippen molar-refractivity contribution in [3.8, 4) is 11.8 Å². The van der Waals surface area contributed by atoms with Crippen LogP contribution in [0.3, 0.4) is 0 Å². The fraction of sp³-hybridized carbons (Fsp3) is 0.611. The summed E-state index contributed by atoms with van der Waals surface area (Å²) >= 11 is 0. The first-order valence-corrected chi connectivity index (χ1v) is 7.81. The molecule has 0 spiro atoms. The molecule has 116 valence electrons. The number of nitrogens with one attached hydrogen (secondary N) is 1. The molecule has 1 unspecified atom stereocenters. The van der Waals surface area contributed by atoms with Crippen LogP contribution in [0.1, 0.15) is 57.6 Å². The predicted octanol–water partition coefficient (Wildman–Crippen LogP) is 4.17. The maximum absolute atomic E-state index is 9.28. The van der Waals surface area contributed by atoms with E-state index >= 15 is 0 Å². The Bertz CT molecular complexity index is 490. The van der Waals surface area contributed by atoms with Crippen molar-refractivity contribution in [3.63, 3.8) is 0 Å². The third-order valence-electron chi connectivity index (χ3n) is 3.75. The number of hydrogen-bond donors (Lipinski definition) is 1. The molecule has 0 amide bonds. The second-order valence-electron chi connectivity index (χ2n) is 6.14. The van der Waals surface area contributed by atoms with E-state index in [1.165, 1.54) is 11.1 Å². The van der Waals surface area contributed by atoms with Gasteiger partial charge in [-0.05, 0) is 56.0 Å². The Morgan fingerprint density at radius 2 is 2.10 bits per heavy atom. The first-order valence-electron chi connectivity index (χ1n) is 7.81. The van der Waals surface area contributed by atoms with Gasteiger partial charge in [-0.25, -0.2) is 0 Å². The maximum Gasteiger partial charge on any atom is 0.119 e. The summed E-state index contributed by atoms with van der Waals surface area (Å²) in [7, 11) is 0. The van der Waals surface area contributed by atoms with Crippen molar-refractivity contribution >= 4 is 0 Å². The average Bonchev–Trinajstić information content (AvgIpc) is 2.45. The van der Waals surface area contributed by atoms with Crippen LogP contribution in [0.2, 0.25) is 0 Å². The lowest BCUT2D eigenvalue weighted by molar-refractivity contribution is 0.267. The topological polar surface area (TPSA) is 45.0 Å². The lowest BCUT2D eigenvalue weighted by atomic mass is 9.98. The Morgan fingerprint density at radius 1 is 1.38 bits per heavy atom. The Hall–Kier alpha value is -1.53. The molecule has 1 aromatic carbocycles. The van der Waals surface area contributed by atoms with Crippen LogP contribution in [0, 0.1) is 18.3 Å². The van der Waals surface area contributed by atoms with Gasteiger partial charge in [-0.2, -0.15) is 5.26 Å². The second-order valence-corrected chi connectivity index (χ2v) is 6.14. The first kappa shape index (κ1) is 17.5. The third-order valence-corrected chi connectivity index (χ3v) is 3.75. The Kier molecular flexibility index (Phi) is 6.71. The lowest BCUT2D eigenvalue weighted by Gasteiger charge is -2.23. The van der Waals surface area contributed by atoms with Crippen molar-refractivity contribution in [2.24, 2.45) is 0 Å². The summed E-state index contributed by atoms with van der Waals surface area (Å²) in [5.41, 5.74) is 2.10. The van der Waals surface area contributed by atoms with Gasteiger partial charge in [0.2, 0.25) is 0 Å². The number of nitrogens with zero attached hydrogens (tertiary/aromatic N) is 1. The van der Waals surface area contributed by atoms with Gasteiger partial charge >= 0.3 is 0 Å². The highest BCUT2D eigenvalue weighted by molar-refractivity contribution is 5.36. The molecule has 0 radical (unpaired) electrons. The van der Waals surface area contributed by atoms with Gasteiger partial charge in [0, 0.05) is 6.42 Å². The molecule has 0 aliphatic heterocycles. The number of aryl methyl sites for hydroxylation is 1. The van der Waals surface area contributed by atoms with Crippen molar-refractivity contribution in [1.29, 1.82) is 5.26 Å². The third kappa shape index (κ3) is 5.40. The van der Waals surface area contributed by atoms with Crippen LogP contribution in [0.5, 0.6) is 5.75 Å². The van der Waals surface area contributed by atoms with E-state index in [0.29, 0.717) is 18.9 Å². The van der Waals surface area contributed by atoms with Crippen LogP contribution < -0.4 is 10.1 Å². The van der Waals surface area contributed by atoms with E-state index in [-0.39, 0.29) is 0 Å². The SMILES string of the molecule is CCCNC(C)(C#N)CCOc1ccc(C(C)C)c(C)c1. The molecule has 1 rings (SSSR count). The average molecular weight is 288 g/mol. The van der Waals surface area contributed by atoms with E-state index in [0.717, 1.165) is 18.7 Å². The summed E-state index contributed by atoms with van der Waals surface area (Å²) < 4.78 is 5.81. The minimum atomic E-state index is -0.511. The summed E-state index contributed by atoms with van der Waals surface area (Å²) in [6.45, 7) is 11.9. The number of hydrogen-bond acceptors (Lipinski definition) is 3. The summed E-state index contributed by atoms with van der Waals surface area (Å²) in [6, 6.07) is 8.58. The zero-order valence-electron chi connectivity index (χ0n) is 14.0. The predicted molar refractivity (Wildman–Crippen MR) is 87.7 cm³/mol. The molecule has 1 atom stereocenters. The minimum absolute atomic E-state index is 0.511. The zero-order valence-corrected chi connectivity index (χ0v) is 14.0. The van der Waals surface area contributed by atoms with Crippen molar-refractivity contribution in [3.05, 3.63) is 29.3 Å². The van der Waals surface area contributed by atoms with Gasteiger partial charge in [0.05, 0.1) is 12.7 Å². The summed E-state index contributed by atoms with van der Waals surface area (Å²) in [5.74, 6) is 1.41. The highest BCUT2D eigenvalue weighted by atomic mass is 16.5. The largest absolute Gasteiger partial charge is 0.493 e. The van der Waals surface area contributed by atoms with E-state index in [1.807, 2.05) is 13.0 Å². The van der Waals surface area contributed by atoms with E-state index in [2.05, 4.69) is 51.2 Å². The van der Waals surface area contributed by atoms with Crippen LogP contribution in [0.15, 0.2) is 18.2 Å². The molecule has 3 heteroatoms. The normalized spacial score (nSPS) is 13.8. The minimum Gasteiger partial charge on any atom is -0.493 e. The highest BCUT2D eigenvalue weighted by Gasteiger charge is 2.22. The van der Waals surface area contributed by atoms with Crippen molar-refractivity contribution in [1.82, 2.24) is 5.32 Å². The molecule has 0 aliphatic rings.